The van der Waals surface area contributed by atoms with E-state index in [9.17, 15) is 14.4 Å². The number of amides is 4. The van der Waals surface area contributed by atoms with Crippen molar-refractivity contribution in [3.63, 3.8) is 0 Å². The van der Waals surface area contributed by atoms with Crippen LogP contribution in [-0.2, 0) is 22.4 Å². The van der Waals surface area contributed by atoms with Gasteiger partial charge in [0, 0.05) is 50.9 Å². The molecule has 2 aromatic rings. The number of benzene rings is 2. The molecule has 46 heavy (non-hydrogen) atoms. The highest BCUT2D eigenvalue weighted by Crippen LogP contribution is 2.33. The number of ether oxygens (including phenoxy) is 1. The maximum absolute atomic E-state index is 14.0. The standard InChI is InChI=1S/C37H51N5O4/c1-26-22-27(2)24-28(23-26)25-34(35(43)40-17-10-30(11-18-40)29-8-15-39(3)16-9-29)46-37(45)41-19-13-32(14-20-41)42-21-12-31-6-4-5-7-33(31)38-36(42)44/h4-7,22-24,29-30,32,34H,8-21,25H2,1-3H3,(H,38,44)/t34-/m1/s1. The highest BCUT2D eigenvalue weighted by atomic mass is 16.6. The van der Waals surface area contributed by atoms with Crippen LogP contribution in [0.25, 0.3) is 0 Å². The number of piperidine rings is 3. The number of anilines is 1. The lowest BCUT2D eigenvalue weighted by Crippen LogP contribution is -2.52. The second-order valence-corrected chi connectivity index (χ2v) is 14.1. The summed E-state index contributed by atoms with van der Waals surface area (Å²) < 4.78 is 6.11. The first-order chi connectivity index (χ1) is 22.2. The number of nitrogens with zero attached hydrogens (tertiary/aromatic N) is 4. The topological polar surface area (TPSA) is 85.4 Å². The Hall–Kier alpha value is -3.59. The van der Waals surface area contributed by atoms with Crippen molar-refractivity contribution in [2.24, 2.45) is 11.8 Å². The zero-order valence-corrected chi connectivity index (χ0v) is 27.9. The fraction of sp³-hybridized carbons (Fsp3) is 0.595. The number of carbonyl (C=O) groups excluding carboxylic acids is 3. The van der Waals surface area contributed by atoms with E-state index in [0.717, 1.165) is 79.3 Å². The third-order valence-corrected chi connectivity index (χ3v) is 10.8. The van der Waals surface area contributed by atoms with Crippen molar-refractivity contribution >= 4 is 23.7 Å². The van der Waals surface area contributed by atoms with Gasteiger partial charge in [-0.15, -0.1) is 0 Å². The molecule has 3 fully saturated rings. The summed E-state index contributed by atoms with van der Waals surface area (Å²) in [6, 6.07) is 14.2. The molecule has 4 aliphatic rings. The van der Waals surface area contributed by atoms with Gasteiger partial charge in [-0.2, -0.15) is 0 Å². The van der Waals surface area contributed by atoms with Crippen LogP contribution in [0.5, 0.6) is 0 Å². The van der Waals surface area contributed by atoms with Crippen LogP contribution < -0.4 is 5.32 Å². The van der Waals surface area contributed by atoms with Crippen LogP contribution in [0.15, 0.2) is 42.5 Å². The van der Waals surface area contributed by atoms with E-state index >= 15 is 0 Å². The van der Waals surface area contributed by atoms with Crippen molar-refractivity contribution in [1.29, 1.82) is 0 Å². The molecule has 4 amide bonds. The summed E-state index contributed by atoms with van der Waals surface area (Å²) in [5, 5.41) is 3.07. The number of hydrogen-bond acceptors (Lipinski definition) is 5. The first-order valence-electron chi connectivity index (χ1n) is 17.4. The van der Waals surface area contributed by atoms with E-state index in [2.05, 4.69) is 55.4 Å². The van der Waals surface area contributed by atoms with Crippen molar-refractivity contribution in [2.75, 3.05) is 58.2 Å². The molecule has 1 atom stereocenters. The molecular formula is C37H51N5O4. The van der Waals surface area contributed by atoms with E-state index in [0.29, 0.717) is 44.8 Å². The number of rotatable bonds is 6. The number of aryl methyl sites for hydroxylation is 2. The molecule has 4 heterocycles. The van der Waals surface area contributed by atoms with Crippen molar-refractivity contribution in [3.8, 4) is 0 Å². The molecule has 0 saturated carbocycles. The van der Waals surface area contributed by atoms with E-state index in [1.165, 1.54) is 12.8 Å². The maximum atomic E-state index is 14.0. The van der Waals surface area contributed by atoms with Crippen LogP contribution >= 0.6 is 0 Å². The van der Waals surface area contributed by atoms with Crippen LogP contribution in [0.2, 0.25) is 0 Å². The van der Waals surface area contributed by atoms with Gasteiger partial charge >= 0.3 is 12.1 Å². The molecule has 0 aliphatic carbocycles. The quantitative estimate of drug-likeness (QED) is 0.457. The average Bonchev–Trinajstić information content (AvgIpc) is 3.22. The fourth-order valence-electron chi connectivity index (χ4n) is 8.17. The molecular weight excluding hydrogens is 578 g/mol. The molecule has 0 bridgehead atoms. The second kappa shape index (κ2) is 14.4. The van der Waals surface area contributed by atoms with Gasteiger partial charge in [0.2, 0.25) is 0 Å². The minimum absolute atomic E-state index is 0.0527. The second-order valence-electron chi connectivity index (χ2n) is 14.1. The Morgan fingerprint density at radius 2 is 1.43 bits per heavy atom. The highest BCUT2D eigenvalue weighted by molar-refractivity contribution is 5.91. The number of likely N-dealkylation sites (tertiary alicyclic amines) is 3. The number of carbonyl (C=O) groups is 3. The largest absolute Gasteiger partial charge is 0.436 e. The van der Waals surface area contributed by atoms with Gasteiger partial charge in [0.1, 0.15) is 0 Å². The predicted octanol–water partition coefficient (Wildman–Crippen LogP) is 5.49. The third kappa shape index (κ3) is 7.68. The molecule has 0 radical (unpaired) electrons. The van der Waals surface area contributed by atoms with Crippen LogP contribution in [0.4, 0.5) is 15.3 Å². The summed E-state index contributed by atoms with van der Waals surface area (Å²) in [4.78, 5) is 48.7. The summed E-state index contributed by atoms with van der Waals surface area (Å²) in [5.41, 5.74) is 5.30. The summed E-state index contributed by atoms with van der Waals surface area (Å²) >= 11 is 0. The molecule has 3 saturated heterocycles. The van der Waals surface area contributed by atoms with Gasteiger partial charge < -0.3 is 29.7 Å². The Labute approximate surface area is 274 Å². The van der Waals surface area contributed by atoms with Crippen LogP contribution in [0, 0.1) is 25.7 Å². The van der Waals surface area contributed by atoms with Crippen LogP contribution in [-0.4, -0.2) is 103 Å². The van der Waals surface area contributed by atoms with Gasteiger partial charge in [-0.1, -0.05) is 47.5 Å². The molecule has 0 unspecified atom stereocenters. The molecule has 1 N–H and O–H groups in total. The molecule has 2 aromatic carbocycles. The van der Waals surface area contributed by atoms with Crippen molar-refractivity contribution in [2.45, 2.75) is 77.4 Å². The van der Waals surface area contributed by atoms with Crippen molar-refractivity contribution in [1.82, 2.24) is 19.6 Å². The fourth-order valence-corrected chi connectivity index (χ4v) is 8.17. The normalized spacial score (nSPS) is 21.4. The van der Waals surface area contributed by atoms with Gasteiger partial charge in [0.25, 0.3) is 5.91 Å². The smallest absolute Gasteiger partial charge is 0.410 e. The van der Waals surface area contributed by atoms with Gasteiger partial charge in [-0.25, -0.2) is 9.59 Å². The lowest BCUT2D eigenvalue weighted by molar-refractivity contribution is -0.142. The zero-order chi connectivity index (χ0) is 32.2. The lowest BCUT2D eigenvalue weighted by Gasteiger charge is -2.40. The number of nitrogens with one attached hydrogen (secondary N) is 1. The molecule has 0 spiro atoms. The average molecular weight is 630 g/mol. The van der Waals surface area contributed by atoms with E-state index in [1.54, 1.807) is 4.90 Å². The maximum Gasteiger partial charge on any atom is 0.410 e. The minimum Gasteiger partial charge on any atom is -0.436 e. The Morgan fingerprint density at radius 3 is 2.11 bits per heavy atom. The molecule has 0 aromatic heterocycles. The first-order valence-corrected chi connectivity index (χ1v) is 17.4. The van der Waals surface area contributed by atoms with Gasteiger partial charge in [0.15, 0.2) is 6.10 Å². The summed E-state index contributed by atoms with van der Waals surface area (Å²) in [5.74, 6) is 1.33. The predicted molar refractivity (Wildman–Crippen MR) is 180 cm³/mol. The van der Waals surface area contributed by atoms with Crippen LogP contribution in [0.3, 0.4) is 0 Å². The van der Waals surface area contributed by atoms with Crippen LogP contribution in [0.1, 0.15) is 60.8 Å². The zero-order valence-electron chi connectivity index (χ0n) is 27.9. The Bertz CT molecular complexity index is 1370. The summed E-state index contributed by atoms with van der Waals surface area (Å²) in [6.07, 6.45) is 5.76. The third-order valence-electron chi connectivity index (χ3n) is 10.8. The molecule has 9 heteroatoms. The van der Waals surface area contributed by atoms with Crippen molar-refractivity contribution in [3.05, 3.63) is 64.7 Å². The molecule has 6 rings (SSSR count). The number of fused-ring (bicyclic) bond motifs is 1. The Balaban J connectivity index is 1.07. The lowest BCUT2D eigenvalue weighted by atomic mass is 9.79. The first kappa shape index (κ1) is 32.4. The van der Waals surface area contributed by atoms with Crippen molar-refractivity contribution < 1.29 is 19.1 Å². The minimum atomic E-state index is -0.860. The van der Waals surface area contributed by atoms with Gasteiger partial charge in [-0.3, -0.25) is 4.79 Å². The SMILES string of the molecule is Cc1cc(C)cc(C[C@@H](OC(=O)N2CCC(N3CCc4ccccc4NC3=O)CC2)C(=O)N2CCC(C3CCN(C)CC3)CC2)c1. The van der Waals surface area contributed by atoms with E-state index in [-0.39, 0.29) is 18.0 Å². The molecule has 248 valence electrons. The number of para-hydroxylation sites is 1. The highest BCUT2D eigenvalue weighted by Gasteiger charge is 2.36. The van der Waals surface area contributed by atoms with E-state index < -0.39 is 12.2 Å². The monoisotopic (exact) mass is 629 g/mol. The number of hydrogen-bond donors (Lipinski definition) is 1. The summed E-state index contributed by atoms with van der Waals surface area (Å²) in [6.45, 7) is 9.52. The van der Waals surface area contributed by atoms with Gasteiger partial charge in [-0.05, 0) is 108 Å². The van der Waals surface area contributed by atoms with E-state index in [1.807, 2.05) is 28.0 Å². The van der Waals surface area contributed by atoms with E-state index in [4.69, 9.17) is 4.74 Å². The molecule has 4 aliphatic heterocycles. The van der Waals surface area contributed by atoms with Gasteiger partial charge in [0.05, 0.1) is 0 Å². The summed E-state index contributed by atoms with van der Waals surface area (Å²) in [7, 11) is 2.20. The Kier molecular flexibility index (Phi) is 10.2. The number of urea groups is 1. The Morgan fingerprint density at radius 1 is 0.826 bits per heavy atom. The molecule has 9 nitrogen and oxygen atoms in total.